The van der Waals surface area contributed by atoms with Gasteiger partial charge in [-0.05, 0) is 36.1 Å². The minimum atomic E-state index is -0.000998. The maximum Gasteiger partial charge on any atom is 0.246 e. The smallest absolute Gasteiger partial charge is 0.246 e. The van der Waals surface area contributed by atoms with Crippen molar-refractivity contribution in [3.8, 4) is 5.75 Å². The fraction of sp³-hybridized carbons (Fsp3) is 0.545. The summed E-state index contributed by atoms with van der Waals surface area (Å²) in [5, 5.41) is 0.708. The maximum atomic E-state index is 12.7. The molecule has 0 aliphatic carbocycles. The van der Waals surface area contributed by atoms with E-state index in [2.05, 4.69) is 24.5 Å². The first-order valence-corrected chi connectivity index (χ1v) is 10.6. The molecule has 1 aromatic carbocycles. The summed E-state index contributed by atoms with van der Waals surface area (Å²) in [5.74, 6) is 0.920. The molecule has 0 aromatic heterocycles. The van der Waals surface area contributed by atoms with Crippen LogP contribution in [0.15, 0.2) is 24.8 Å². The van der Waals surface area contributed by atoms with Crippen molar-refractivity contribution in [2.75, 3.05) is 46.4 Å². The molecule has 2 aliphatic rings. The monoisotopic (exact) mass is 419 g/mol. The fourth-order valence-corrected chi connectivity index (χ4v) is 4.33. The van der Waals surface area contributed by atoms with E-state index >= 15 is 0 Å². The summed E-state index contributed by atoms with van der Waals surface area (Å²) in [4.78, 5) is 30.4. The predicted octanol–water partition coefficient (Wildman–Crippen LogP) is 2.38. The van der Waals surface area contributed by atoms with Crippen molar-refractivity contribution in [1.82, 2.24) is 14.7 Å². The standard InChI is InChI=1S/C22H30ClN3O3/c1-4-16-12-17(20(29-3)13-19(16)23)6-7-22(28)25-10-8-24(9-11-25)18-14-26(15-18)21(27)5-2/h5,12-13,18H,2,4,6-11,14-15H2,1,3H3. The van der Waals surface area contributed by atoms with Gasteiger partial charge >= 0.3 is 0 Å². The van der Waals surface area contributed by atoms with E-state index in [-0.39, 0.29) is 11.8 Å². The van der Waals surface area contributed by atoms with Crippen LogP contribution in [0.5, 0.6) is 5.75 Å². The number of hydrogen-bond acceptors (Lipinski definition) is 4. The number of carbonyl (C=O) groups excluding carboxylic acids is 2. The molecule has 2 heterocycles. The van der Waals surface area contributed by atoms with Gasteiger partial charge in [-0.1, -0.05) is 31.2 Å². The topological polar surface area (TPSA) is 53.1 Å². The fourth-order valence-electron chi connectivity index (χ4n) is 4.04. The van der Waals surface area contributed by atoms with Crippen molar-refractivity contribution in [2.45, 2.75) is 32.2 Å². The molecule has 2 aliphatic heterocycles. The van der Waals surface area contributed by atoms with Crippen LogP contribution in [0.2, 0.25) is 5.02 Å². The Hall–Kier alpha value is -2.05. The van der Waals surface area contributed by atoms with Crippen molar-refractivity contribution in [1.29, 1.82) is 0 Å². The minimum Gasteiger partial charge on any atom is -0.496 e. The number of aryl methyl sites for hydroxylation is 2. The lowest BCUT2D eigenvalue weighted by Gasteiger charge is -2.47. The second-order valence-electron chi connectivity index (χ2n) is 7.63. The Labute approximate surface area is 178 Å². The predicted molar refractivity (Wildman–Crippen MR) is 114 cm³/mol. The van der Waals surface area contributed by atoms with Gasteiger partial charge in [-0.15, -0.1) is 0 Å². The number of benzene rings is 1. The first-order valence-electron chi connectivity index (χ1n) is 10.2. The Kier molecular flexibility index (Phi) is 7.19. The average molecular weight is 420 g/mol. The van der Waals surface area contributed by atoms with Crippen LogP contribution in [-0.2, 0) is 22.4 Å². The molecule has 0 unspecified atom stereocenters. The molecule has 0 radical (unpaired) electrons. The third-order valence-corrected chi connectivity index (χ3v) is 6.32. The molecule has 0 N–H and O–H groups in total. The normalized spacial score (nSPS) is 17.8. The lowest BCUT2D eigenvalue weighted by atomic mass is 10.0. The van der Waals surface area contributed by atoms with Crippen molar-refractivity contribution >= 4 is 23.4 Å². The van der Waals surface area contributed by atoms with Crippen LogP contribution in [0.1, 0.15) is 24.5 Å². The van der Waals surface area contributed by atoms with Crippen LogP contribution >= 0.6 is 11.6 Å². The highest BCUT2D eigenvalue weighted by molar-refractivity contribution is 6.31. The van der Waals surface area contributed by atoms with Gasteiger partial charge in [-0.25, -0.2) is 0 Å². The SMILES string of the molecule is C=CC(=O)N1CC(N2CCN(C(=O)CCc3cc(CC)c(Cl)cc3OC)CC2)C1. The number of nitrogens with zero attached hydrogens (tertiary/aromatic N) is 3. The summed E-state index contributed by atoms with van der Waals surface area (Å²) >= 11 is 6.27. The number of amides is 2. The molecular formula is C22H30ClN3O3. The third kappa shape index (κ3) is 4.93. The van der Waals surface area contributed by atoms with Crippen LogP contribution in [0.25, 0.3) is 0 Å². The summed E-state index contributed by atoms with van der Waals surface area (Å²) in [5.41, 5.74) is 2.11. The molecule has 3 rings (SSSR count). The van der Waals surface area contributed by atoms with Gasteiger partial charge in [0.2, 0.25) is 11.8 Å². The first-order chi connectivity index (χ1) is 14.0. The van der Waals surface area contributed by atoms with Crippen molar-refractivity contribution in [3.63, 3.8) is 0 Å². The minimum absolute atomic E-state index is 0.000998. The van der Waals surface area contributed by atoms with E-state index in [0.29, 0.717) is 23.9 Å². The van der Waals surface area contributed by atoms with Gasteiger partial charge in [0.05, 0.1) is 7.11 Å². The summed E-state index contributed by atoms with van der Waals surface area (Å²) < 4.78 is 5.45. The average Bonchev–Trinajstić information content (AvgIpc) is 2.71. The van der Waals surface area contributed by atoms with Gasteiger partial charge in [0.25, 0.3) is 0 Å². The van der Waals surface area contributed by atoms with Crippen LogP contribution in [0.3, 0.4) is 0 Å². The van der Waals surface area contributed by atoms with E-state index in [0.717, 1.165) is 62.6 Å². The second kappa shape index (κ2) is 9.63. The van der Waals surface area contributed by atoms with Gasteiger partial charge in [0.15, 0.2) is 0 Å². The molecule has 2 saturated heterocycles. The highest BCUT2D eigenvalue weighted by Gasteiger charge is 2.35. The van der Waals surface area contributed by atoms with Crippen LogP contribution in [-0.4, -0.2) is 78.9 Å². The Morgan fingerprint density at radius 3 is 2.45 bits per heavy atom. The lowest BCUT2D eigenvalue weighted by Crippen LogP contribution is -2.64. The highest BCUT2D eigenvalue weighted by Crippen LogP contribution is 2.29. The zero-order chi connectivity index (χ0) is 21.0. The molecule has 2 fully saturated rings. The van der Waals surface area contributed by atoms with E-state index < -0.39 is 0 Å². The largest absolute Gasteiger partial charge is 0.496 e. The lowest BCUT2D eigenvalue weighted by molar-refractivity contribution is -0.136. The van der Waals surface area contributed by atoms with E-state index in [1.54, 1.807) is 12.0 Å². The van der Waals surface area contributed by atoms with Crippen molar-refractivity contribution in [3.05, 3.63) is 40.9 Å². The van der Waals surface area contributed by atoms with Gasteiger partial charge in [0.1, 0.15) is 5.75 Å². The molecule has 6 nitrogen and oxygen atoms in total. The summed E-state index contributed by atoms with van der Waals surface area (Å²) in [6, 6.07) is 4.30. The van der Waals surface area contributed by atoms with E-state index in [1.165, 1.54) is 6.08 Å². The Morgan fingerprint density at radius 2 is 1.86 bits per heavy atom. The molecule has 0 spiro atoms. The van der Waals surface area contributed by atoms with Crippen LogP contribution in [0, 0.1) is 0 Å². The molecule has 0 atom stereocenters. The maximum absolute atomic E-state index is 12.7. The van der Waals surface area contributed by atoms with Crippen LogP contribution < -0.4 is 4.74 Å². The molecular weight excluding hydrogens is 390 g/mol. The van der Waals surface area contributed by atoms with Gasteiger partial charge in [-0.3, -0.25) is 14.5 Å². The van der Waals surface area contributed by atoms with E-state index in [1.807, 2.05) is 11.0 Å². The molecule has 0 saturated carbocycles. The number of halogens is 1. The first kappa shape index (κ1) is 21.7. The molecule has 158 valence electrons. The molecule has 2 amide bonds. The zero-order valence-corrected chi connectivity index (χ0v) is 18.1. The Bertz CT molecular complexity index is 769. The van der Waals surface area contributed by atoms with Gasteiger partial charge < -0.3 is 14.5 Å². The molecule has 1 aromatic rings. The molecule has 7 heteroatoms. The van der Waals surface area contributed by atoms with Crippen molar-refractivity contribution in [2.24, 2.45) is 0 Å². The highest BCUT2D eigenvalue weighted by atomic mass is 35.5. The van der Waals surface area contributed by atoms with E-state index in [4.69, 9.17) is 16.3 Å². The van der Waals surface area contributed by atoms with Crippen molar-refractivity contribution < 1.29 is 14.3 Å². The number of likely N-dealkylation sites (tertiary alicyclic amines) is 1. The Balaban J connectivity index is 1.47. The van der Waals surface area contributed by atoms with Gasteiger partial charge in [-0.2, -0.15) is 0 Å². The number of hydrogen-bond donors (Lipinski definition) is 0. The number of ether oxygens (including phenoxy) is 1. The van der Waals surface area contributed by atoms with Crippen LogP contribution in [0.4, 0.5) is 0 Å². The quantitative estimate of drug-likeness (QED) is 0.637. The summed E-state index contributed by atoms with van der Waals surface area (Å²) in [6.07, 6.45) is 3.33. The molecule has 29 heavy (non-hydrogen) atoms. The summed E-state index contributed by atoms with van der Waals surface area (Å²) in [6.45, 7) is 10.3. The third-order valence-electron chi connectivity index (χ3n) is 5.97. The number of methoxy groups -OCH3 is 1. The van der Waals surface area contributed by atoms with Gasteiger partial charge in [0, 0.05) is 56.8 Å². The number of piperazine rings is 1. The second-order valence-corrected chi connectivity index (χ2v) is 8.03. The summed E-state index contributed by atoms with van der Waals surface area (Å²) in [7, 11) is 1.63. The number of rotatable bonds is 7. The molecule has 0 bridgehead atoms. The van der Waals surface area contributed by atoms with E-state index in [9.17, 15) is 9.59 Å². The number of carbonyl (C=O) groups is 2. The Morgan fingerprint density at radius 1 is 1.17 bits per heavy atom. The zero-order valence-electron chi connectivity index (χ0n) is 17.3.